The van der Waals surface area contributed by atoms with Crippen molar-refractivity contribution >= 4 is 17.9 Å². The van der Waals surface area contributed by atoms with Gasteiger partial charge < -0.3 is 14.2 Å². The van der Waals surface area contributed by atoms with Crippen LogP contribution >= 0.6 is 0 Å². The number of hydrogen-bond donors (Lipinski definition) is 0. The quantitative estimate of drug-likeness (QED) is 0.0199. The first-order valence-corrected chi connectivity index (χ1v) is 25.8. The number of carbonyl (C=O) groups excluding carboxylic acids is 3. The lowest BCUT2D eigenvalue weighted by Gasteiger charge is -2.18. The normalized spacial score (nSPS) is 12.9. The molecule has 0 amide bonds. The molecule has 0 N–H and O–H groups in total. The summed E-state index contributed by atoms with van der Waals surface area (Å²) in [7, 11) is 0. The first-order valence-electron chi connectivity index (χ1n) is 25.8. The Hall–Kier alpha value is -3.67. The average molecular weight is 875 g/mol. The van der Waals surface area contributed by atoms with Crippen molar-refractivity contribution in [1.82, 2.24) is 0 Å². The van der Waals surface area contributed by atoms with Crippen molar-refractivity contribution in [2.24, 2.45) is 0 Å². The molecule has 0 spiro atoms. The van der Waals surface area contributed by atoms with Gasteiger partial charge in [-0.2, -0.15) is 0 Å². The van der Waals surface area contributed by atoms with E-state index in [2.05, 4.69) is 81.5 Å². The lowest BCUT2D eigenvalue weighted by Crippen LogP contribution is -2.30. The minimum absolute atomic E-state index is 0.0976. The van der Waals surface area contributed by atoms with Gasteiger partial charge in [-0.25, -0.2) is 0 Å². The molecule has 0 radical (unpaired) electrons. The molecule has 0 aliphatic carbocycles. The maximum absolute atomic E-state index is 12.8. The zero-order chi connectivity index (χ0) is 45.8. The van der Waals surface area contributed by atoms with E-state index in [-0.39, 0.29) is 37.5 Å². The number of hydrogen-bond acceptors (Lipinski definition) is 6. The third-order valence-electron chi connectivity index (χ3n) is 10.7. The number of rotatable bonds is 45. The molecule has 1 unspecified atom stereocenters. The topological polar surface area (TPSA) is 78.9 Å². The fraction of sp³-hybridized carbons (Fsp3) is 0.667. The smallest absolute Gasteiger partial charge is 0.306 e. The summed E-state index contributed by atoms with van der Waals surface area (Å²) in [6, 6.07) is 0. The maximum atomic E-state index is 12.8. The van der Waals surface area contributed by atoms with Crippen LogP contribution in [0.2, 0.25) is 0 Å². The third kappa shape index (κ3) is 49.2. The van der Waals surface area contributed by atoms with E-state index in [0.717, 1.165) is 103 Å². The van der Waals surface area contributed by atoms with Crippen LogP contribution in [0, 0.1) is 0 Å². The molecule has 0 rings (SSSR count). The van der Waals surface area contributed by atoms with Crippen LogP contribution in [0.4, 0.5) is 0 Å². The van der Waals surface area contributed by atoms with Crippen molar-refractivity contribution in [2.75, 3.05) is 13.2 Å². The predicted octanol–water partition coefficient (Wildman–Crippen LogP) is 17.0. The van der Waals surface area contributed by atoms with Crippen molar-refractivity contribution in [3.8, 4) is 0 Å². The van der Waals surface area contributed by atoms with Gasteiger partial charge in [-0.1, -0.05) is 227 Å². The number of carbonyl (C=O) groups is 3. The molecule has 6 nitrogen and oxygen atoms in total. The Bertz CT molecular complexity index is 1280. The van der Waals surface area contributed by atoms with E-state index >= 15 is 0 Å². The van der Waals surface area contributed by atoms with Gasteiger partial charge in [0, 0.05) is 19.3 Å². The highest BCUT2D eigenvalue weighted by molar-refractivity contribution is 5.71. The van der Waals surface area contributed by atoms with Gasteiger partial charge >= 0.3 is 17.9 Å². The zero-order valence-electron chi connectivity index (χ0n) is 40.8. The minimum Gasteiger partial charge on any atom is -0.462 e. The number of unbranched alkanes of at least 4 members (excludes halogenated alkanes) is 21. The van der Waals surface area contributed by atoms with E-state index in [9.17, 15) is 14.4 Å². The largest absolute Gasteiger partial charge is 0.462 e. The molecule has 0 aromatic rings. The molecule has 6 heteroatoms. The second-order valence-corrected chi connectivity index (χ2v) is 16.8. The summed E-state index contributed by atoms with van der Waals surface area (Å²) in [6.45, 7) is 6.33. The lowest BCUT2D eigenvalue weighted by atomic mass is 10.0. The van der Waals surface area contributed by atoms with Gasteiger partial charge in [0.15, 0.2) is 6.10 Å². The first-order chi connectivity index (χ1) is 31.0. The number of ether oxygens (including phenoxy) is 3. The Morgan fingerprint density at radius 3 is 1.17 bits per heavy atom. The van der Waals surface area contributed by atoms with Crippen molar-refractivity contribution in [1.29, 1.82) is 0 Å². The van der Waals surface area contributed by atoms with Crippen LogP contribution in [0.1, 0.15) is 226 Å². The standard InChI is InChI=1S/C57H94O6/c1-4-7-10-13-16-19-22-25-26-27-28-29-30-33-35-38-41-44-47-50-56(59)62-53-54(63-57(60)51-48-45-42-39-36-32-24-21-18-15-12-9-6-3)52-61-55(58)49-46-43-40-37-34-31-23-20-17-14-11-8-5-2/h7,9-10,12,15-16,18-19,21,24-26,28-29,32,36,54H,4-6,8,11,13-14,17,20,22-23,27,30-31,33-35,37-53H2,1-3H3/b10-7+,12-9+,18-15+,19-16+,24-21+,26-25+,29-28+,36-32+. The lowest BCUT2D eigenvalue weighted by molar-refractivity contribution is -0.167. The highest BCUT2D eigenvalue weighted by Gasteiger charge is 2.19. The second kappa shape index (κ2) is 51.0. The molecule has 358 valence electrons. The van der Waals surface area contributed by atoms with Crippen molar-refractivity contribution in [3.05, 3.63) is 97.2 Å². The summed E-state index contributed by atoms with van der Waals surface area (Å²) in [5.41, 5.74) is 0. The van der Waals surface area contributed by atoms with Crippen molar-refractivity contribution < 1.29 is 28.6 Å². The van der Waals surface area contributed by atoms with Crippen molar-refractivity contribution in [3.63, 3.8) is 0 Å². The highest BCUT2D eigenvalue weighted by atomic mass is 16.6. The Kier molecular flexibility index (Phi) is 48.0. The van der Waals surface area contributed by atoms with Crippen LogP contribution in [0.3, 0.4) is 0 Å². The SMILES string of the molecule is CC/C=C/C=C/C=C/C=C/CCCCCC(=O)OC(COC(=O)CCCCCCCC/C=C/C/C=C/C/C=C/C/C=C/CC)COC(=O)CCCCCCCCCCCCCCC. The molecule has 0 saturated heterocycles. The summed E-state index contributed by atoms with van der Waals surface area (Å²) >= 11 is 0. The number of allylic oxidation sites excluding steroid dienone is 16. The zero-order valence-corrected chi connectivity index (χ0v) is 40.8. The molecular formula is C57H94O6. The van der Waals surface area contributed by atoms with Crippen LogP contribution < -0.4 is 0 Å². The molecule has 0 aliphatic heterocycles. The monoisotopic (exact) mass is 875 g/mol. The fourth-order valence-electron chi connectivity index (χ4n) is 6.85. The van der Waals surface area contributed by atoms with Crippen LogP contribution in [0.25, 0.3) is 0 Å². The summed E-state index contributed by atoms with van der Waals surface area (Å²) in [5.74, 6) is -0.954. The summed E-state index contributed by atoms with van der Waals surface area (Å²) < 4.78 is 16.7. The molecule has 0 bridgehead atoms. The van der Waals surface area contributed by atoms with E-state index in [1.807, 2.05) is 36.5 Å². The molecule has 1 atom stereocenters. The Morgan fingerprint density at radius 1 is 0.349 bits per heavy atom. The predicted molar refractivity (Wildman–Crippen MR) is 270 cm³/mol. The van der Waals surface area contributed by atoms with Gasteiger partial charge in [0.05, 0.1) is 0 Å². The Balaban J connectivity index is 4.44. The second-order valence-electron chi connectivity index (χ2n) is 16.8. The molecule has 0 aliphatic rings. The van der Waals surface area contributed by atoms with Gasteiger partial charge in [-0.05, 0) is 77.0 Å². The van der Waals surface area contributed by atoms with Gasteiger partial charge in [0.2, 0.25) is 0 Å². The molecule has 0 saturated carbocycles. The van der Waals surface area contributed by atoms with E-state index < -0.39 is 6.10 Å². The van der Waals surface area contributed by atoms with Gasteiger partial charge in [-0.3, -0.25) is 14.4 Å². The summed E-state index contributed by atoms with van der Waals surface area (Å²) in [5, 5.41) is 0. The molecule has 63 heavy (non-hydrogen) atoms. The fourth-order valence-corrected chi connectivity index (χ4v) is 6.85. The number of esters is 3. The van der Waals surface area contributed by atoms with Crippen LogP contribution in [-0.4, -0.2) is 37.2 Å². The molecule has 0 aromatic heterocycles. The molecule has 0 fully saturated rings. The van der Waals surface area contributed by atoms with Crippen molar-refractivity contribution in [2.45, 2.75) is 232 Å². The van der Waals surface area contributed by atoms with Gasteiger partial charge in [0.25, 0.3) is 0 Å². The first kappa shape index (κ1) is 59.3. The minimum atomic E-state index is -0.802. The summed E-state index contributed by atoms with van der Waals surface area (Å²) in [6.07, 6.45) is 66.7. The highest BCUT2D eigenvalue weighted by Crippen LogP contribution is 2.14. The van der Waals surface area contributed by atoms with Gasteiger partial charge in [-0.15, -0.1) is 0 Å². The average Bonchev–Trinajstić information content (AvgIpc) is 3.28. The maximum Gasteiger partial charge on any atom is 0.306 e. The molecule has 0 aromatic carbocycles. The summed E-state index contributed by atoms with van der Waals surface area (Å²) in [4.78, 5) is 38.0. The Labute approximate surface area is 387 Å². The molecular weight excluding hydrogens is 781 g/mol. The van der Waals surface area contributed by atoms with E-state index in [0.29, 0.717) is 19.3 Å². The van der Waals surface area contributed by atoms with E-state index in [1.165, 1.54) is 77.0 Å². The van der Waals surface area contributed by atoms with Crippen LogP contribution in [0.5, 0.6) is 0 Å². The van der Waals surface area contributed by atoms with E-state index in [4.69, 9.17) is 14.2 Å². The Morgan fingerprint density at radius 2 is 0.698 bits per heavy atom. The van der Waals surface area contributed by atoms with Crippen LogP contribution in [0.15, 0.2) is 97.2 Å². The van der Waals surface area contributed by atoms with Crippen LogP contribution in [-0.2, 0) is 28.6 Å². The third-order valence-corrected chi connectivity index (χ3v) is 10.7. The van der Waals surface area contributed by atoms with E-state index in [1.54, 1.807) is 0 Å². The molecule has 0 heterocycles. The van der Waals surface area contributed by atoms with Gasteiger partial charge in [0.1, 0.15) is 13.2 Å².